The standard InChI is InChI=1S/C15H19N7O2S/c1-9(2)22-12(6-7-17-22)18-14(23)10(3)25-15-20-19-13(21(15)16)11-5-4-8-24-11/h4-10H,16H2,1-3H3,(H,18,23)/t10-/m1/s1. The summed E-state index contributed by atoms with van der Waals surface area (Å²) in [5, 5.41) is 15.1. The van der Waals surface area contributed by atoms with Crippen LogP contribution in [0.2, 0.25) is 0 Å². The highest BCUT2D eigenvalue weighted by Crippen LogP contribution is 2.25. The molecule has 3 heterocycles. The van der Waals surface area contributed by atoms with E-state index in [1.807, 2.05) is 13.8 Å². The number of furan rings is 1. The van der Waals surface area contributed by atoms with Crippen LogP contribution < -0.4 is 11.2 Å². The van der Waals surface area contributed by atoms with Crippen LogP contribution in [0.25, 0.3) is 11.6 Å². The molecule has 0 saturated carbocycles. The van der Waals surface area contributed by atoms with E-state index in [1.165, 1.54) is 22.7 Å². The second kappa shape index (κ2) is 7.01. The van der Waals surface area contributed by atoms with Crippen molar-refractivity contribution in [2.45, 2.75) is 37.2 Å². The van der Waals surface area contributed by atoms with Gasteiger partial charge in [-0.05, 0) is 32.9 Å². The average molecular weight is 361 g/mol. The molecule has 0 fully saturated rings. The Balaban J connectivity index is 1.69. The van der Waals surface area contributed by atoms with Gasteiger partial charge in [0.05, 0.1) is 17.7 Å². The van der Waals surface area contributed by atoms with Crippen LogP contribution in [0.15, 0.2) is 40.2 Å². The van der Waals surface area contributed by atoms with Crippen molar-refractivity contribution in [2.75, 3.05) is 11.2 Å². The molecule has 3 N–H and O–H groups in total. The van der Waals surface area contributed by atoms with Crippen molar-refractivity contribution in [2.24, 2.45) is 0 Å². The number of carbonyl (C=O) groups is 1. The summed E-state index contributed by atoms with van der Waals surface area (Å²) in [5.41, 5.74) is 0. The van der Waals surface area contributed by atoms with Crippen molar-refractivity contribution in [3.05, 3.63) is 30.7 Å². The zero-order valence-electron chi connectivity index (χ0n) is 14.1. The van der Waals surface area contributed by atoms with Crippen LogP contribution >= 0.6 is 11.8 Å². The number of anilines is 1. The number of nitrogens with zero attached hydrogens (tertiary/aromatic N) is 5. The third kappa shape index (κ3) is 3.53. The minimum atomic E-state index is -0.425. The van der Waals surface area contributed by atoms with Crippen LogP contribution in [0.5, 0.6) is 0 Å². The first-order chi connectivity index (χ1) is 12.0. The number of rotatable bonds is 6. The summed E-state index contributed by atoms with van der Waals surface area (Å²) in [4.78, 5) is 12.4. The molecular weight excluding hydrogens is 342 g/mol. The van der Waals surface area contributed by atoms with E-state index < -0.39 is 5.25 Å². The highest BCUT2D eigenvalue weighted by atomic mass is 32.2. The first-order valence-electron chi connectivity index (χ1n) is 7.72. The Labute approximate surface area is 148 Å². The summed E-state index contributed by atoms with van der Waals surface area (Å²) in [7, 11) is 0. The highest BCUT2D eigenvalue weighted by molar-refractivity contribution is 8.00. The van der Waals surface area contributed by atoms with E-state index in [0.29, 0.717) is 22.6 Å². The smallest absolute Gasteiger partial charge is 0.238 e. The van der Waals surface area contributed by atoms with Gasteiger partial charge in [0, 0.05) is 12.1 Å². The summed E-state index contributed by atoms with van der Waals surface area (Å²) in [6.07, 6.45) is 3.18. The maximum atomic E-state index is 12.4. The third-order valence-corrected chi connectivity index (χ3v) is 4.53. The summed E-state index contributed by atoms with van der Waals surface area (Å²) in [6, 6.07) is 5.39. The fourth-order valence-electron chi connectivity index (χ4n) is 2.20. The summed E-state index contributed by atoms with van der Waals surface area (Å²) in [5.74, 6) is 7.40. The fourth-order valence-corrected chi connectivity index (χ4v) is 2.97. The number of hydrogen-bond acceptors (Lipinski definition) is 7. The van der Waals surface area contributed by atoms with Gasteiger partial charge in [0.25, 0.3) is 0 Å². The maximum Gasteiger partial charge on any atom is 0.238 e. The predicted molar refractivity (Wildman–Crippen MR) is 94.4 cm³/mol. The molecule has 0 radical (unpaired) electrons. The lowest BCUT2D eigenvalue weighted by Gasteiger charge is -2.14. The normalized spacial score (nSPS) is 12.5. The number of thioether (sulfide) groups is 1. The van der Waals surface area contributed by atoms with Crippen LogP contribution in [-0.4, -0.2) is 35.8 Å². The second-order valence-corrected chi connectivity index (χ2v) is 6.97. The number of amides is 1. The Bertz CT molecular complexity index is 853. The van der Waals surface area contributed by atoms with Crippen molar-refractivity contribution >= 4 is 23.5 Å². The lowest BCUT2D eigenvalue weighted by atomic mass is 10.4. The number of nitrogen functional groups attached to an aromatic ring is 1. The molecule has 0 aliphatic heterocycles. The first-order valence-corrected chi connectivity index (χ1v) is 8.60. The number of aromatic nitrogens is 5. The molecule has 3 aromatic heterocycles. The van der Waals surface area contributed by atoms with Crippen LogP contribution in [0.1, 0.15) is 26.8 Å². The minimum Gasteiger partial charge on any atom is -0.461 e. The number of hydrogen-bond donors (Lipinski definition) is 2. The molecule has 0 spiro atoms. The molecule has 1 atom stereocenters. The quantitative estimate of drug-likeness (QED) is 0.510. The zero-order chi connectivity index (χ0) is 18.0. The second-order valence-electron chi connectivity index (χ2n) is 5.66. The predicted octanol–water partition coefficient (Wildman–Crippen LogP) is 2.15. The highest BCUT2D eigenvalue weighted by Gasteiger charge is 2.21. The Morgan fingerprint density at radius 1 is 1.32 bits per heavy atom. The van der Waals surface area contributed by atoms with E-state index in [4.69, 9.17) is 10.3 Å². The van der Waals surface area contributed by atoms with Gasteiger partial charge in [0.1, 0.15) is 5.82 Å². The van der Waals surface area contributed by atoms with Crippen LogP contribution in [0, 0.1) is 0 Å². The van der Waals surface area contributed by atoms with Gasteiger partial charge in [-0.15, -0.1) is 10.2 Å². The molecule has 3 aromatic rings. The Kier molecular flexibility index (Phi) is 4.79. The van der Waals surface area contributed by atoms with Gasteiger partial charge >= 0.3 is 0 Å². The van der Waals surface area contributed by atoms with Gasteiger partial charge < -0.3 is 15.6 Å². The zero-order valence-corrected chi connectivity index (χ0v) is 14.9. The monoisotopic (exact) mass is 361 g/mol. The molecule has 0 saturated heterocycles. The van der Waals surface area contributed by atoms with Crippen molar-refractivity contribution in [3.63, 3.8) is 0 Å². The first kappa shape index (κ1) is 17.1. The SMILES string of the molecule is CC(C)n1nccc1NC(=O)[C@@H](C)Sc1nnc(-c2ccco2)n1N. The Morgan fingerprint density at radius 2 is 2.12 bits per heavy atom. The topological polar surface area (TPSA) is 117 Å². The molecular formula is C15H19N7O2S. The van der Waals surface area contributed by atoms with Crippen molar-refractivity contribution in [3.8, 4) is 11.6 Å². The Morgan fingerprint density at radius 3 is 2.80 bits per heavy atom. The molecule has 132 valence electrons. The van der Waals surface area contributed by atoms with E-state index in [0.717, 1.165) is 0 Å². The molecule has 0 unspecified atom stereocenters. The van der Waals surface area contributed by atoms with Gasteiger partial charge in [-0.2, -0.15) is 5.10 Å². The van der Waals surface area contributed by atoms with Gasteiger partial charge in [-0.1, -0.05) is 11.8 Å². The number of nitrogens with two attached hydrogens (primary N) is 1. The molecule has 0 aliphatic rings. The number of carbonyl (C=O) groups excluding carboxylic acids is 1. The molecule has 0 aliphatic carbocycles. The summed E-state index contributed by atoms with van der Waals surface area (Å²) in [6.45, 7) is 5.76. The van der Waals surface area contributed by atoms with Crippen LogP contribution in [0.3, 0.4) is 0 Å². The van der Waals surface area contributed by atoms with E-state index in [9.17, 15) is 4.79 Å². The number of nitrogens with one attached hydrogen (secondary N) is 1. The average Bonchev–Trinajstić information content (AvgIpc) is 3.29. The maximum absolute atomic E-state index is 12.4. The Hall–Kier alpha value is -2.75. The summed E-state index contributed by atoms with van der Waals surface area (Å²) >= 11 is 1.21. The minimum absolute atomic E-state index is 0.149. The van der Waals surface area contributed by atoms with E-state index in [2.05, 4.69) is 20.6 Å². The molecule has 1 amide bonds. The fraction of sp³-hybridized carbons (Fsp3) is 0.333. The molecule has 0 aromatic carbocycles. The van der Waals surface area contributed by atoms with Gasteiger partial charge in [-0.25, -0.2) is 9.36 Å². The summed E-state index contributed by atoms with van der Waals surface area (Å²) < 4.78 is 8.33. The van der Waals surface area contributed by atoms with Crippen LogP contribution in [0.4, 0.5) is 5.82 Å². The van der Waals surface area contributed by atoms with Crippen molar-refractivity contribution in [1.29, 1.82) is 0 Å². The van der Waals surface area contributed by atoms with Crippen molar-refractivity contribution in [1.82, 2.24) is 24.7 Å². The molecule has 9 nitrogen and oxygen atoms in total. The third-order valence-electron chi connectivity index (χ3n) is 3.47. The molecule has 3 rings (SSSR count). The lowest BCUT2D eigenvalue weighted by molar-refractivity contribution is -0.115. The molecule has 25 heavy (non-hydrogen) atoms. The van der Waals surface area contributed by atoms with E-state index in [-0.39, 0.29) is 11.9 Å². The van der Waals surface area contributed by atoms with Gasteiger partial charge in [0.2, 0.25) is 16.9 Å². The van der Waals surface area contributed by atoms with Crippen molar-refractivity contribution < 1.29 is 9.21 Å². The van der Waals surface area contributed by atoms with E-state index >= 15 is 0 Å². The molecule has 10 heteroatoms. The van der Waals surface area contributed by atoms with Gasteiger partial charge in [0.15, 0.2) is 5.76 Å². The van der Waals surface area contributed by atoms with Gasteiger partial charge in [-0.3, -0.25) is 4.79 Å². The van der Waals surface area contributed by atoms with Crippen LogP contribution in [-0.2, 0) is 4.79 Å². The lowest BCUT2D eigenvalue weighted by Crippen LogP contribution is -2.25. The van der Waals surface area contributed by atoms with E-state index in [1.54, 1.807) is 36.0 Å². The largest absolute Gasteiger partial charge is 0.461 e. The molecule has 0 bridgehead atoms.